The molecule has 0 radical (unpaired) electrons. The minimum Gasteiger partial charge on any atom is -0.383 e. The van der Waals surface area contributed by atoms with E-state index < -0.39 is 0 Å². The third kappa shape index (κ3) is 2.82. The highest BCUT2D eigenvalue weighted by Gasteiger charge is 2.11. The largest absolute Gasteiger partial charge is 0.383 e. The number of nitrogens with one attached hydrogen (secondary N) is 1. The van der Waals surface area contributed by atoms with E-state index in [0.717, 1.165) is 12.0 Å². The normalized spacial score (nSPS) is 12.3. The van der Waals surface area contributed by atoms with Gasteiger partial charge in [-0.25, -0.2) is 4.98 Å². The number of anilines is 1. The Hall–Kier alpha value is -1.87. The predicted octanol–water partition coefficient (Wildman–Crippen LogP) is 2.17. The summed E-state index contributed by atoms with van der Waals surface area (Å²) in [7, 11) is 1.96. The maximum atomic E-state index is 5.86. The Kier molecular flexibility index (Phi) is 3.73. The Morgan fingerprint density at radius 2 is 1.94 bits per heavy atom. The fraction of sp³-hybridized carbons (Fsp3) is 0.214. The van der Waals surface area contributed by atoms with Crippen LogP contribution in [0.3, 0.4) is 0 Å². The molecule has 0 saturated carbocycles. The number of hydrogen-bond acceptors (Lipinski definition) is 3. The molecule has 0 spiro atoms. The van der Waals surface area contributed by atoms with Gasteiger partial charge >= 0.3 is 0 Å². The van der Waals surface area contributed by atoms with Crippen molar-refractivity contribution in [2.24, 2.45) is 0 Å². The van der Waals surface area contributed by atoms with Crippen molar-refractivity contribution in [3.63, 3.8) is 0 Å². The summed E-state index contributed by atoms with van der Waals surface area (Å²) in [6, 6.07) is 14.6. The molecule has 3 N–H and O–H groups in total. The van der Waals surface area contributed by atoms with Crippen molar-refractivity contribution in [2.75, 3.05) is 12.8 Å². The van der Waals surface area contributed by atoms with Crippen LogP contribution in [0.2, 0.25) is 0 Å². The third-order valence-electron chi connectivity index (χ3n) is 2.90. The molecule has 0 bridgehead atoms. The van der Waals surface area contributed by atoms with Crippen LogP contribution in [-0.4, -0.2) is 12.0 Å². The molecule has 0 aliphatic carbocycles. The summed E-state index contributed by atoms with van der Waals surface area (Å²) < 4.78 is 0. The minimum absolute atomic E-state index is 0.266. The molecule has 1 atom stereocenters. The highest BCUT2D eigenvalue weighted by atomic mass is 14.9. The summed E-state index contributed by atoms with van der Waals surface area (Å²) in [6.07, 6.45) is 2.57. The van der Waals surface area contributed by atoms with Crippen LogP contribution >= 0.6 is 0 Å². The number of nitrogen functional groups attached to an aromatic ring is 1. The lowest BCUT2D eigenvalue weighted by molar-refractivity contribution is 0.592. The molecular weight excluding hydrogens is 210 g/mol. The molecule has 1 aromatic heterocycles. The molecule has 2 rings (SSSR count). The van der Waals surface area contributed by atoms with Crippen molar-refractivity contribution >= 4 is 5.82 Å². The minimum atomic E-state index is 0.266. The maximum Gasteiger partial charge on any atom is 0.126 e. The van der Waals surface area contributed by atoms with Crippen LogP contribution in [0.5, 0.6) is 0 Å². The molecule has 3 heteroatoms. The Morgan fingerprint density at radius 1 is 1.18 bits per heavy atom. The van der Waals surface area contributed by atoms with Crippen LogP contribution in [0.25, 0.3) is 0 Å². The summed E-state index contributed by atoms with van der Waals surface area (Å²) in [5, 5.41) is 3.31. The maximum absolute atomic E-state index is 5.86. The molecule has 17 heavy (non-hydrogen) atoms. The van der Waals surface area contributed by atoms with E-state index in [9.17, 15) is 0 Å². The second-order valence-corrected chi connectivity index (χ2v) is 4.00. The van der Waals surface area contributed by atoms with E-state index in [1.54, 1.807) is 6.20 Å². The van der Waals surface area contributed by atoms with E-state index >= 15 is 0 Å². The molecule has 88 valence electrons. The fourth-order valence-corrected chi connectivity index (χ4v) is 1.92. The quantitative estimate of drug-likeness (QED) is 0.841. The Morgan fingerprint density at radius 3 is 2.59 bits per heavy atom. The molecule has 1 unspecified atom stereocenters. The molecule has 3 nitrogen and oxygen atoms in total. The van der Waals surface area contributed by atoms with Crippen molar-refractivity contribution in [1.29, 1.82) is 0 Å². The molecule has 1 heterocycles. The van der Waals surface area contributed by atoms with Gasteiger partial charge < -0.3 is 11.1 Å². The van der Waals surface area contributed by atoms with Gasteiger partial charge in [0.2, 0.25) is 0 Å². The van der Waals surface area contributed by atoms with Gasteiger partial charge in [0.15, 0.2) is 0 Å². The van der Waals surface area contributed by atoms with E-state index in [0.29, 0.717) is 5.82 Å². The number of nitrogens with zero attached hydrogens (tertiary/aromatic N) is 1. The summed E-state index contributed by atoms with van der Waals surface area (Å²) in [5.41, 5.74) is 8.20. The molecule has 1 aromatic carbocycles. The fourth-order valence-electron chi connectivity index (χ4n) is 1.92. The Balaban J connectivity index is 2.19. The van der Waals surface area contributed by atoms with Gasteiger partial charge in [-0.3, -0.25) is 0 Å². The lowest BCUT2D eigenvalue weighted by Crippen LogP contribution is -2.19. The monoisotopic (exact) mass is 227 g/mol. The topological polar surface area (TPSA) is 50.9 Å². The first-order valence-corrected chi connectivity index (χ1v) is 5.73. The average molecular weight is 227 g/mol. The van der Waals surface area contributed by atoms with Crippen molar-refractivity contribution in [3.8, 4) is 0 Å². The van der Waals surface area contributed by atoms with Gasteiger partial charge in [0.25, 0.3) is 0 Å². The lowest BCUT2D eigenvalue weighted by Gasteiger charge is -2.17. The summed E-state index contributed by atoms with van der Waals surface area (Å²) >= 11 is 0. The number of rotatable bonds is 4. The first-order chi connectivity index (χ1) is 8.31. The summed E-state index contributed by atoms with van der Waals surface area (Å²) in [5.74, 6) is 0.615. The first-order valence-electron chi connectivity index (χ1n) is 5.73. The van der Waals surface area contributed by atoms with Crippen LogP contribution in [-0.2, 0) is 6.42 Å². The van der Waals surface area contributed by atoms with E-state index in [-0.39, 0.29) is 6.04 Å². The number of pyridine rings is 1. The zero-order chi connectivity index (χ0) is 12.1. The van der Waals surface area contributed by atoms with Crippen molar-refractivity contribution in [3.05, 3.63) is 59.8 Å². The van der Waals surface area contributed by atoms with Gasteiger partial charge in [0.05, 0.1) is 0 Å². The lowest BCUT2D eigenvalue weighted by atomic mass is 9.99. The smallest absolute Gasteiger partial charge is 0.126 e. The molecule has 0 aliphatic rings. The molecular formula is C14H17N3. The van der Waals surface area contributed by atoms with Gasteiger partial charge in [-0.15, -0.1) is 0 Å². The number of hydrogen-bond donors (Lipinski definition) is 2. The zero-order valence-electron chi connectivity index (χ0n) is 9.93. The summed E-state index contributed by atoms with van der Waals surface area (Å²) in [4.78, 5) is 4.11. The zero-order valence-corrected chi connectivity index (χ0v) is 9.93. The van der Waals surface area contributed by atoms with Gasteiger partial charge in [0, 0.05) is 12.2 Å². The summed E-state index contributed by atoms with van der Waals surface area (Å²) in [6.45, 7) is 0. The van der Waals surface area contributed by atoms with E-state index in [2.05, 4.69) is 22.4 Å². The van der Waals surface area contributed by atoms with E-state index in [1.807, 2.05) is 37.4 Å². The SMILES string of the molecule is CNC(Cc1cccnc1N)c1ccccc1. The van der Waals surface area contributed by atoms with E-state index in [1.165, 1.54) is 5.56 Å². The molecule has 0 amide bonds. The van der Waals surface area contributed by atoms with Gasteiger partial charge in [-0.2, -0.15) is 0 Å². The second kappa shape index (κ2) is 5.46. The van der Waals surface area contributed by atoms with Crippen molar-refractivity contribution in [2.45, 2.75) is 12.5 Å². The average Bonchev–Trinajstić information content (AvgIpc) is 2.39. The standard InChI is InChI=1S/C14H17N3/c1-16-13(11-6-3-2-4-7-11)10-12-8-5-9-17-14(12)15/h2-9,13,16H,10H2,1H3,(H2,15,17). The van der Waals surface area contributed by atoms with Crippen LogP contribution in [0, 0.1) is 0 Å². The van der Waals surface area contributed by atoms with Gasteiger partial charge in [0.1, 0.15) is 5.82 Å². The van der Waals surface area contributed by atoms with Crippen LogP contribution in [0.1, 0.15) is 17.2 Å². The van der Waals surface area contributed by atoms with Crippen LogP contribution in [0.4, 0.5) is 5.82 Å². The highest BCUT2D eigenvalue weighted by molar-refractivity contribution is 5.39. The highest BCUT2D eigenvalue weighted by Crippen LogP contribution is 2.20. The van der Waals surface area contributed by atoms with Crippen molar-refractivity contribution < 1.29 is 0 Å². The predicted molar refractivity (Wildman–Crippen MR) is 70.6 cm³/mol. The third-order valence-corrected chi connectivity index (χ3v) is 2.90. The van der Waals surface area contributed by atoms with Crippen LogP contribution < -0.4 is 11.1 Å². The van der Waals surface area contributed by atoms with Crippen LogP contribution in [0.15, 0.2) is 48.7 Å². The molecule has 0 saturated heterocycles. The molecule has 0 fully saturated rings. The number of nitrogens with two attached hydrogens (primary N) is 1. The Bertz CT molecular complexity index is 468. The van der Waals surface area contributed by atoms with Gasteiger partial charge in [-0.1, -0.05) is 36.4 Å². The van der Waals surface area contributed by atoms with E-state index in [4.69, 9.17) is 5.73 Å². The second-order valence-electron chi connectivity index (χ2n) is 4.00. The van der Waals surface area contributed by atoms with Gasteiger partial charge in [-0.05, 0) is 30.7 Å². The number of benzene rings is 1. The molecule has 2 aromatic rings. The number of aromatic nitrogens is 1. The molecule has 0 aliphatic heterocycles. The van der Waals surface area contributed by atoms with Crippen molar-refractivity contribution in [1.82, 2.24) is 10.3 Å². The number of likely N-dealkylation sites (N-methyl/N-ethyl adjacent to an activating group) is 1. The first kappa shape index (κ1) is 11.6. The Labute approximate surface area is 102 Å².